The number of alkyl halides is 2. The predicted octanol–water partition coefficient (Wildman–Crippen LogP) is 2.09. The second-order valence-electron chi connectivity index (χ2n) is 5.99. The smallest absolute Gasteiger partial charge is 0.248 e. The van der Waals surface area contributed by atoms with Crippen LogP contribution in [0.15, 0.2) is 18.2 Å². The summed E-state index contributed by atoms with van der Waals surface area (Å²) in [5, 5.41) is 0. The summed E-state index contributed by atoms with van der Waals surface area (Å²) in [4.78, 5) is 0. The Labute approximate surface area is 126 Å². The number of halogens is 3. The molecule has 0 unspecified atom stereocenters. The molecule has 1 fully saturated rings. The highest BCUT2D eigenvalue weighted by molar-refractivity contribution is 7.89. The minimum absolute atomic E-state index is 0.138. The van der Waals surface area contributed by atoms with E-state index in [1.165, 1.54) is 18.2 Å². The van der Waals surface area contributed by atoms with E-state index in [9.17, 15) is 21.6 Å². The molecule has 122 valence electrons. The van der Waals surface area contributed by atoms with Gasteiger partial charge >= 0.3 is 0 Å². The van der Waals surface area contributed by atoms with Crippen LogP contribution >= 0.6 is 0 Å². The number of sulfonamides is 1. The van der Waals surface area contributed by atoms with Crippen molar-refractivity contribution in [1.82, 2.24) is 4.72 Å². The highest BCUT2D eigenvalue weighted by atomic mass is 32.2. The van der Waals surface area contributed by atoms with Crippen LogP contribution in [-0.2, 0) is 16.4 Å². The van der Waals surface area contributed by atoms with Gasteiger partial charge in [-0.1, -0.05) is 0 Å². The average Bonchev–Trinajstić information content (AvgIpc) is 2.34. The molecule has 0 saturated heterocycles. The number of fused-ring (bicyclic) bond motifs is 1. The number of nitrogens with one attached hydrogen (secondary N) is 1. The molecule has 3 rings (SSSR count). The van der Waals surface area contributed by atoms with Crippen LogP contribution < -0.4 is 9.46 Å². The zero-order valence-corrected chi connectivity index (χ0v) is 12.5. The minimum Gasteiger partial charge on any atom is -0.492 e. The molecule has 4 nitrogen and oxygen atoms in total. The maximum absolute atomic E-state index is 13.2. The van der Waals surface area contributed by atoms with Crippen LogP contribution in [0, 0.1) is 11.7 Å². The second kappa shape index (κ2) is 5.42. The van der Waals surface area contributed by atoms with Crippen molar-refractivity contribution in [2.24, 2.45) is 5.92 Å². The van der Waals surface area contributed by atoms with Crippen LogP contribution in [0.3, 0.4) is 0 Å². The lowest BCUT2D eigenvalue weighted by Crippen LogP contribution is -2.47. The first-order chi connectivity index (χ1) is 10.2. The average molecular weight is 335 g/mol. The maximum Gasteiger partial charge on any atom is 0.248 e. The summed E-state index contributed by atoms with van der Waals surface area (Å²) in [5.41, 5.74) is 0.592. The fourth-order valence-electron chi connectivity index (χ4n) is 2.95. The fraction of sp³-hybridized carbons (Fsp3) is 0.571. The van der Waals surface area contributed by atoms with E-state index in [0.717, 1.165) is 0 Å². The lowest BCUT2D eigenvalue weighted by Gasteiger charge is -2.35. The quantitative estimate of drug-likeness (QED) is 0.917. The van der Waals surface area contributed by atoms with Crippen molar-refractivity contribution >= 4 is 10.0 Å². The van der Waals surface area contributed by atoms with Crippen molar-refractivity contribution in [3.8, 4) is 5.75 Å². The van der Waals surface area contributed by atoms with Crippen molar-refractivity contribution in [2.45, 2.75) is 31.2 Å². The van der Waals surface area contributed by atoms with Crippen LogP contribution in [0.5, 0.6) is 5.75 Å². The van der Waals surface area contributed by atoms with Crippen LogP contribution in [0.4, 0.5) is 13.2 Å². The van der Waals surface area contributed by atoms with E-state index >= 15 is 0 Å². The van der Waals surface area contributed by atoms with E-state index < -0.39 is 33.7 Å². The third-order valence-electron chi connectivity index (χ3n) is 3.90. The number of hydrogen-bond acceptors (Lipinski definition) is 3. The summed E-state index contributed by atoms with van der Waals surface area (Å²) in [6.45, 7) is 0.138. The molecule has 0 amide bonds. The van der Waals surface area contributed by atoms with Crippen LogP contribution in [0.2, 0.25) is 0 Å². The monoisotopic (exact) mass is 335 g/mol. The van der Waals surface area contributed by atoms with E-state index in [0.29, 0.717) is 17.7 Å². The molecule has 1 saturated carbocycles. The Morgan fingerprint density at radius 1 is 1.32 bits per heavy atom. The van der Waals surface area contributed by atoms with Crippen molar-refractivity contribution in [1.29, 1.82) is 0 Å². The van der Waals surface area contributed by atoms with Gasteiger partial charge in [0.05, 0.1) is 11.8 Å². The number of benzene rings is 1. The second-order valence-corrected chi connectivity index (χ2v) is 7.79. The van der Waals surface area contributed by atoms with Crippen LogP contribution in [0.25, 0.3) is 0 Å². The highest BCUT2D eigenvalue weighted by Gasteiger charge is 2.46. The third-order valence-corrected chi connectivity index (χ3v) is 5.51. The molecule has 0 radical (unpaired) electrons. The van der Waals surface area contributed by atoms with Gasteiger partial charge in [-0.25, -0.2) is 26.3 Å². The molecule has 22 heavy (non-hydrogen) atoms. The molecule has 1 aromatic carbocycles. The van der Waals surface area contributed by atoms with Crippen molar-refractivity contribution in [3.63, 3.8) is 0 Å². The van der Waals surface area contributed by atoms with Gasteiger partial charge in [-0.05, 0) is 36.1 Å². The lowest BCUT2D eigenvalue weighted by molar-refractivity contribution is -0.103. The molecule has 0 bridgehead atoms. The third kappa shape index (κ3) is 3.55. The molecule has 8 heteroatoms. The molecule has 2 aliphatic rings. The normalized spacial score (nSPS) is 24.2. The van der Waals surface area contributed by atoms with Crippen LogP contribution in [0.1, 0.15) is 18.4 Å². The Morgan fingerprint density at radius 3 is 2.73 bits per heavy atom. The number of ether oxygens (including phenoxy) is 1. The molecule has 1 aliphatic carbocycles. The molecule has 1 aliphatic heterocycles. The summed E-state index contributed by atoms with van der Waals surface area (Å²) in [5.74, 6) is -3.43. The lowest BCUT2D eigenvalue weighted by atomic mass is 9.83. The summed E-state index contributed by atoms with van der Waals surface area (Å²) in [6, 6.07) is 3.58. The van der Waals surface area contributed by atoms with Gasteiger partial charge in [0.15, 0.2) is 0 Å². The molecule has 0 spiro atoms. The maximum atomic E-state index is 13.2. The van der Waals surface area contributed by atoms with Crippen molar-refractivity contribution in [3.05, 3.63) is 29.6 Å². The SMILES string of the molecule is O=S(=O)(CC1CC(F)(F)C1)N[C@@H]1COc2ccc(F)cc2C1. The first kappa shape index (κ1) is 15.6. The topological polar surface area (TPSA) is 55.4 Å². The van der Waals surface area contributed by atoms with Gasteiger partial charge in [0.25, 0.3) is 0 Å². The van der Waals surface area contributed by atoms with Gasteiger partial charge in [0.2, 0.25) is 15.9 Å². The molecule has 1 aromatic rings. The zero-order chi connectivity index (χ0) is 16.0. The van der Waals surface area contributed by atoms with Gasteiger partial charge in [0.1, 0.15) is 18.2 Å². The Balaban J connectivity index is 1.59. The van der Waals surface area contributed by atoms with Crippen molar-refractivity contribution in [2.75, 3.05) is 12.4 Å². The number of rotatable bonds is 4. The Morgan fingerprint density at radius 2 is 2.05 bits per heavy atom. The van der Waals surface area contributed by atoms with E-state index in [1.54, 1.807) is 0 Å². The van der Waals surface area contributed by atoms with Gasteiger partial charge in [-0.3, -0.25) is 0 Å². The molecule has 1 N–H and O–H groups in total. The van der Waals surface area contributed by atoms with Gasteiger partial charge < -0.3 is 4.74 Å². The molecular formula is C14H16F3NO3S. The van der Waals surface area contributed by atoms with Crippen molar-refractivity contribution < 1.29 is 26.3 Å². The summed E-state index contributed by atoms with van der Waals surface area (Å²) >= 11 is 0. The fourth-order valence-corrected chi connectivity index (χ4v) is 4.57. The first-order valence-electron chi connectivity index (χ1n) is 7.01. The largest absolute Gasteiger partial charge is 0.492 e. The number of hydrogen-bond donors (Lipinski definition) is 1. The van der Waals surface area contributed by atoms with Gasteiger partial charge in [0, 0.05) is 12.8 Å². The zero-order valence-electron chi connectivity index (χ0n) is 11.7. The van der Waals surface area contributed by atoms with E-state index in [1.807, 2.05) is 0 Å². The Kier molecular flexibility index (Phi) is 3.84. The van der Waals surface area contributed by atoms with Crippen LogP contribution in [-0.4, -0.2) is 32.7 Å². The van der Waals surface area contributed by atoms with Gasteiger partial charge in [-0.15, -0.1) is 0 Å². The van der Waals surface area contributed by atoms with E-state index in [-0.39, 0.29) is 25.2 Å². The summed E-state index contributed by atoms with van der Waals surface area (Å²) < 4.78 is 70.6. The summed E-state index contributed by atoms with van der Waals surface area (Å²) in [6.07, 6.45) is -0.459. The predicted molar refractivity (Wildman–Crippen MR) is 74.0 cm³/mol. The molecule has 0 aromatic heterocycles. The standard InChI is InChI=1S/C14H16F3NO3S/c15-11-1-2-13-10(3-11)4-12(7-21-13)18-22(19,20)8-9-5-14(16,17)6-9/h1-3,9,12,18H,4-8H2/t12-/m0/s1. The first-order valence-corrected chi connectivity index (χ1v) is 8.67. The molecule has 1 heterocycles. The Hall–Kier alpha value is -1.28. The highest BCUT2D eigenvalue weighted by Crippen LogP contribution is 2.42. The molecular weight excluding hydrogens is 319 g/mol. The van der Waals surface area contributed by atoms with E-state index in [4.69, 9.17) is 4.74 Å². The van der Waals surface area contributed by atoms with E-state index in [2.05, 4.69) is 4.72 Å². The Bertz CT molecular complexity index is 670. The summed E-state index contributed by atoms with van der Waals surface area (Å²) in [7, 11) is -3.66. The molecule has 1 atom stereocenters. The minimum atomic E-state index is -3.66. The van der Waals surface area contributed by atoms with Gasteiger partial charge in [-0.2, -0.15) is 0 Å².